The first-order chi connectivity index (χ1) is 11.3. The molecule has 0 saturated carbocycles. The van der Waals surface area contributed by atoms with Crippen LogP contribution in [0.2, 0.25) is 0 Å². The third-order valence-electron chi connectivity index (χ3n) is 2.90. The Morgan fingerprint density at radius 3 is 1.91 bits per heavy atom. The van der Waals surface area contributed by atoms with Crippen molar-refractivity contribution in [2.75, 3.05) is 13.2 Å². The zero-order chi connectivity index (χ0) is 16.3. The summed E-state index contributed by atoms with van der Waals surface area (Å²) in [4.78, 5) is 2.34. The predicted molar refractivity (Wildman–Crippen MR) is 98.8 cm³/mol. The summed E-state index contributed by atoms with van der Waals surface area (Å²) in [5.41, 5.74) is 0. The topological polar surface area (TPSA) is 18.5 Å². The second-order valence-corrected chi connectivity index (χ2v) is 8.99. The van der Waals surface area contributed by atoms with E-state index < -0.39 is 0 Å². The molecule has 0 heterocycles. The monoisotopic (exact) mass is 442 g/mol. The van der Waals surface area contributed by atoms with Crippen LogP contribution in [0, 0.1) is 0 Å². The Hall–Kier alpha value is -0.861. The van der Waals surface area contributed by atoms with Gasteiger partial charge in [0, 0.05) is 0 Å². The van der Waals surface area contributed by atoms with Crippen molar-refractivity contribution < 1.29 is 9.47 Å². The van der Waals surface area contributed by atoms with Gasteiger partial charge in [-0.1, -0.05) is 0 Å². The molecule has 0 radical (unpaired) electrons. The molecule has 0 aliphatic rings. The summed E-state index contributed by atoms with van der Waals surface area (Å²) in [7, 11) is 0. The van der Waals surface area contributed by atoms with Gasteiger partial charge >= 0.3 is 152 Å². The summed E-state index contributed by atoms with van der Waals surface area (Å²) < 4.78 is 15.7. The van der Waals surface area contributed by atoms with Crippen molar-refractivity contribution in [2.45, 2.75) is 20.1 Å². The summed E-state index contributed by atoms with van der Waals surface area (Å²) in [5.74, 6) is 0. The first kappa shape index (κ1) is 18.5. The van der Waals surface area contributed by atoms with Gasteiger partial charge in [0.05, 0.1) is 0 Å². The Bertz CT molecular complexity index is 579. The second kappa shape index (κ2) is 10.8. The van der Waals surface area contributed by atoms with Crippen molar-refractivity contribution in [3.8, 4) is 0 Å². The summed E-state index contributed by atoms with van der Waals surface area (Å²) >= 11 is 0.506. The molecule has 0 N–H and O–H groups in total. The quantitative estimate of drug-likeness (QED) is 0.440. The second-order valence-electron chi connectivity index (χ2n) is 4.61. The number of benzene rings is 2. The van der Waals surface area contributed by atoms with Crippen LogP contribution < -0.4 is 8.92 Å². The minimum atomic E-state index is -0.226. The Kier molecular flexibility index (Phi) is 8.70. The third kappa shape index (κ3) is 6.64. The Morgan fingerprint density at radius 1 is 0.870 bits per heavy atom. The Balaban J connectivity index is 2.18. The molecule has 0 saturated heterocycles. The van der Waals surface area contributed by atoms with Crippen LogP contribution in [-0.4, -0.2) is 49.4 Å². The van der Waals surface area contributed by atoms with Gasteiger partial charge in [0.15, 0.2) is 0 Å². The fourth-order valence-corrected chi connectivity index (χ4v) is 6.14. The van der Waals surface area contributed by atoms with Crippen LogP contribution in [0.5, 0.6) is 0 Å². The van der Waals surface area contributed by atoms with Crippen molar-refractivity contribution in [3.63, 3.8) is 0 Å². The molecule has 0 aromatic heterocycles. The maximum absolute atomic E-state index is 5.84. The van der Waals surface area contributed by atoms with E-state index >= 15 is 0 Å². The zero-order valence-electron chi connectivity index (χ0n) is 13.5. The maximum atomic E-state index is 5.84. The molecule has 4 heteroatoms. The van der Waals surface area contributed by atoms with Gasteiger partial charge in [-0.2, -0.15) is 0 Å². The van der Waals surface area contributed by atoms with E-state index in [0.29, 0.717) is 28.2 Å². The minimum absolute atomic E-state index is 0.215. The van der Waals surface area contributed by atoms with Crippen LogP contribution in [0.1, 0.15) is 13.8 Å². The average molecular weight is 440 g/mol. The molecule has 0 bridgehead atoms. The van der Waals surface area contributed by atoms with E-state index in [1.165, 1.54) is 13.4 Å². The van der Waals surface area contributed by atoms with Crippen LogP contribution in [-0.2, 0) is 9.47 Å². The first-order valence-electron chi connectivity index (χ1n) is 7.71. The van der Waals surface area contributed by atoms with Gasteiger partial charge in [0.2, 0.25) is 0 Å². The molecule has 0 spiro atoms. The van der Waals surface area contributed by atoms with Crippen molar-refractivity contribution in [3.05, 3.63) is 70.1 Å². The zero-order valence-corrected chi connectivity index (χ0v) is 16.9. The van der Waals surface area contributed by atoms with E-state index in [9.17, 15) is 0 Å². The molecular formula is C19H22O2Se2. The van der Waals surface area contributed by atoms with Gasteiger partial charge in [0.25, 0.3) is 0 Å². The van der Waals surface area contributed by atoms with Gasteiger partial charge in [-0.3, -0.25) is 0 Å². The number of rotatable bonds is 9. The fourth-order valence-electron chi connectivity index (χ4n) is 1.89. The summed E-state index contributed by atoms with van der Waals surface area (Å²) in [6.45, 7) is 5.35. The third-order valence-corrected chi connectivity index (χ3v) is 7.79. The standard InChI is InChI=1S/C19H22O2Se2/c1-3-20-19(21-4-2)18(23-17-13-9-6-10-14-17)15-22-16-11-7-5-8-12-16/h5-15,19H,3-4H2,1-2H3/b18-15-. The van der Waals surface area contributed by atoms with Crippen LogP contribution >= 0.6 is 0 Å². The van der Waals surface area contributed by atoms with Crippen LogP contribution in [0.15, 0.2) is 70.1 Å². The molecule has 0 aliphatic carbocycles. The fraction of sp³-hybridized carbons (Fsp3) is 0.263. The van der Waals surface area contributed by atoms with E-state index in [0.717, 1.165) is 0 Å². The summed E-state index contributed by atoms with van der Waals surface area (Å²) in [6.07, 6.45) is -0.226. The average Bonchev–Trinajstić information content (AvgIpc) is 2.60. The van der Waals surface area contributed by atoms with Gasteiger partial charge < -0.3 is 0 Å². The van der Waals surface area contributed by atoms with E-state index in [-0.39, 0.29) is 21.2 Å². The van der Waals surface area contributed by atoms with E-state index in [1.807, 2.05) is 13.8 Å². The van der Waals surface area contributed by atoms with E-state index in [4.69, 9.17) is 9.47 Å². The predicted octanol–water partition coefficient (Wildman–Crippen LogP) is 2.29. The SMILES string of the molecule is CCOC(OCC)/C(=C/[Se]c1ccccc1)[Se]c1ccccc1. The van der Waals surface area contributed by atoms with Crippen molar-refractivity contribution in [1.29, 1.82) is 0 Å². The molecule has 23 heavy (non-hydrogen) atoms. The molecule has 122 valence electrons. The normalized spacial score (nSPS) is 11.9. The van der Waals surface area contributed by atoms with E-state index in [2.05, 4.69) is 65.6 Å². The number of hydrogen-bond acceptors (Lipinski definition) is 2. The molecule has 2 rings (SSSR count). The summed E-state index contributed by atoms with van der Waals surface area (Å²) in [5, 5.41) is 0. The Morgan fingerprint density at radius 2 is 1.39 bits per heavy atom. The molecule has 2 aromatic carbocycles. The van der Waals surface area contributed by atoms with Crippen LogP contribution in [0.3, 0.4) is 0 Å². The molecule has 0 aliphatic heterocycles. The van der Waals surface area contributed by atoms with Gasteiger partial charge in [-0.15, -0.1) is 0 Å². The van der Waals surface area contributed by atoms with Crippen LogP contribution in [0.4, 0.5) is 0 Å². The van der Waals surface area contributed by atoms with Crippen molar-refractivity contribution in [1.82, 2.24) is 0 Å². The number of hydrogen-bond donors (Lipinski definition) is 0. The van der Waals surface area contributed by atoms with Gasteiger partial charge in [-0.05, 0) is 0 Å². The summed E-state index contributed by atoms with van der Waals surface area (Å²) in [6, 6.07) is 21.2. The molecule has 2 nitrogen and oxygen atoms in total. The van der Waals surface area contributed by atoms with E-state index in [1.54, 1.807) is 0 Å². The Labute approximate surface area is 151 Å². The molecule has 2 aromatic rings. The van der Waals surface area contributed by atoms with Gasteiger partial charge in [-0.25, -0.2) is 0 Å². The number of ether oxygens (including phenoxy) is 2. The van der Waals surface area contributed by atoms with Crippen molar-refractivity contribution in [2.24, 2.45) is 0 Å². The molecule has 0 fully saturated rings. The molecule has 0 amide bonds. The van der Waals surface area contributed by atoms with Crippen molar-refractivity contribution >= 4 is 38.8 Å². The van der Waals surface area contributed by atoms with Gasteiger partial charge in [0.1, 0.15) is 0 Å². The first-order valence-corrected chi connectivity index (χ1v) is 11.3. The molecular weight excluding hydrogens is 418 g/mol. The van der Waals surface area contributed by atoms with Crippen LogP contribution in [0.25, 0.3) is 0 Å². The molecule has 0 unspecified atom stereocenters. The molecule has 0 atom stereocenters.